The molecule has 2 aromatic carbocycles. The standard InChI is InChI=1S/C31H36N4O9/c1-34(2)18-11-17(33-12-13-6-7-20(44-5)19(36)8-13)25(37)22-15(18)9-14-10-16-24(35(3)4)27(39)23(30(32)42)29(41)31(16,43)28(40)21(14)26(22)38/h6-8,11,14,16,24,33,36-37,39-40,43H,9-10,12H2,1-5H3,(H2,32,42)/t14-,16-,24?,31-/m1/s1. The van der Waals surface area contributed by atoms with E-state index in [1.54, 1.807) is 51.3 Å². The third kappa shape index (κ3) is 4.42. The van der Waals surface area contributed by atoms with Crippen molar-refractivity contribution in [2.45, 2.75) is 31.0 Å². The molecule has 0 fully saturated rings. The Morgan fingerprint density at radius 3 is 2.36 bits per heavy atom. The van der Waals surface area contributed by atoms with Crippen molar-refractivity contribution >= 4 is 28.8 Å². The summed E-state index contributed by atoms with van der Waals surface area (Å²) in [6.45, 7) is 0.162. The van der Waals surface area contributed by atoms with Crippen molar-refractivity contribution in [2.75, 3.05) is 45.5 Å². The molecule has 0 heterocycles. The first kappa shape index (κ1) is 30.7. The van der Waals surface area contributed by atoms with Crippen LogP contribution in [0.4, 0.5) is 11.4 Å². The average Bonchev–Trinajstić information content (AvgIpc) is 2.94. The van der Waals surface area contributed by atoms with Crippen LogP contribution in [0.3, 0.4) is 0 Å². The summed E-state index contributed by atoms with van der Waals surface area (Å²) in [5.41, 5.74) is 3.49. The van der Waals surface area contributed by atoms with E-state index in [0.29, 0.717) is 22.6 Å². The van der Waals surface area contributed by atoms with E-state index in [0.717, 1.165) is 0 Å². The summed E-state index contributed by atoms with van der Waals surface area (Å²) >= 11 is 0. The van der Waals surface area contributed by atoms with Crippen LogP contribution in [0.2, 0.25) is 0 Å². The molecule has 13 nitrogen and oxygen atoms in total. The Balaban J connectivity index is 1.62. The Morgan fingerprint density at radius 1 is 1.11 bits per heavy atom. The number of aliphatic hydroxyl groups excluding tert-OH is 2. The number of nitrogens with two attached hydrogens (primary N) is 1. The van der Waals surface area contributed by atoms with E-state index in [4.69, 9.17) is 10.5 Å². The van der Waals surface area contributed by atoms with Gasteiger partial charge in [-0.25, -0.2) is 0 Å². The summed E-state index contributed by atoms with van der Waals surface area (Å²) in [6.07, 6.45) is 0.169. The van der Waals surface area contributed by atoms with E-state index < -0.39 is 63.8 Å². The van der Waals surface area contributed by atoms with Crippen LogP contribution in [0.15, 0.2) is 46.9 Å². The lowest BCUT2D eigenvalue weighted by atomic mass is 9.58. The molecule has 3 aliphatic carbocycles. The van der Waals surface area contributed by atoms with E-state index in [9.17, 15) is 39.9 Å². The molecule has 0 aromatic heterocycles. The van der Waals surface area contributed by atoms with Gasteiger partial charge >= 0.3 is 0 Å². The highest BCUT2D eigenvalue weighted by atomic mass is 16.5. The van der Waals surface area contributed by atoms with Gasteiger partial charge in [0, 0.05) is 37.8 Å². The fourth-order valence-corrected chi connectivity index (χ4v) is 6.88. The minimum Gasteiger partial charge on any atom is -0.510 e. The summed E-state index contributed by atoms with van der Waals surface area (Å²) in [4.78, 5) is 43.2. The second kappa shape index (κ2) is 10.8. The second-order valence-electron chi connectivity index (χ2n) is 11.9. The third-order valence-electron chi connectivity index (χ3n) is 8.91. The molecular formula is C31H36N4O9. The molecule has 3 aliphatic rings. The van der Waals surface area contributed by atoms with Gasteiger partial charge in [0.25, 0.3) is 5.91 Å². The number of Topliss-reactive ketones (excluding diaryl/α,β-unsaturated/α-hetero) is 2. The number of carbonyl (C=O) groups is 3. The highest BCUT2D eigenvalue weighted by molar-refractivity contribution is 6.25. The molecule has 5 rings (SSSR count). The molecule has 0 saturated carbocycles. The lowest BCUT2D eigenvalue weighted by molar-refractivity contribution is -0.148. The number of likely N-dealkylation sites (N-methyl/N-ethyl adjacent to an activating group) is 1. The molecule has 1 amide bonds. The van der Waals surface area contributed by atoms with Crippen molar-refractivity contribution < 1.29 is 44.7 Å². The molecule has 0 spiro atoms. The van der Waals surface area contributed by atoms with Gasteiger partial charge in [0.15, 0.2) is 22.9 Å². The summed E-state index contributed by atoms with van der Waals surface area (Å²) in [6, 6.07) is 5.45. The molecule has 4 atom stereocenters. The Kier molecular flexibility index (Phi) is 7.50. The summed E-state index contributed by atoms with van der Waals surface area (Å²) in [7, 11) is 8.15. The topological polar surface area (TPSA) is 206 Å². The van der Waals surface area contributed by atoms with Crippen LogP contribution >= 0.6 is 0 Å². The SMILES string of the molecule is COc1ccc(CNc2cc(N(C)C)c3c(c2O)C(=O)C2=C(O)[C@@]4(O)C(=O)C(C(N)=O)=C(O)C(N(C)C)[C@H]4C[C@H]2C3)cc1O. The van der Waals surface area contributed by atoms with Crippen molar-refractivity contribution in [3.8, 4) is 17.2 Å². The number of primary amides is 1. The fraction of sp³-hybridized carbons (Fsp3) is 0.387. The van der Waals surface area contributed by atoms with Crippen molar-refractivity contribution in [2.24, 2.45) is 17.6 Å². The number of anilines is 2. The van der Waals surface area contributed by atoms with E-state index >= 15 is 0 Å². The number of rotatable bonds is 7. The van der Waals surface area contributed by atoms with Crippen LogP contribution < -0.4 is 20.7 Å². The number of carbonyl (C=O) groups excluding carboxylic acids is 3. The average molecular weight is 609 g/mol. The highest BCUT2D eigenvalue weighted by Crippen LogP contribution is 2.54. The van der Waals surface area contributed by atoms with Crippen LogP contribution in [-0.2, 0) is 22.6 Å². The Labute approximate surface area is 253 Å². The number of hydrogen-bond acceptors (Lipinski definition) is 12. The predicted molar refractivity (Wildman–Crippen MR) is 160 cm³/mol. The zero-order valence-corrected chi connectivity index (χ0v) is 25.0. The maximum Gasteiger partial charge on any atom is 0.255 e. The number of fused-ring (bicyclic) bond motifs is 3. The van der Waals surface area contributed by atoms with Gasteiger partial charge in [-0.05, 0) is 62.2 Å². The van der Waals surface area contributed by atoms with Crippen molar-refractivity contribution in [1.29, 1.82) is 0 Å². The molecule has 1 unspecified atom stereocenters. The number of phenols is 2. The van der Waals surface area contributed by atoms with Gasteiger partial charge in [0.2, 0.25) is 5.78 Å². The van der Waals surface area contributed by atoms with Crippen LogP contribution in [0, 0.1) is 11.8 Å². The first-order valence-electron chi connectivity index (χ1n) is 14.0. The minimum absolute atomic E-state index is 0.000354. The minimum atomic E-state index is -2.71. The zero-order chi connectivity index (χ0) is 32.4. The molecule has 0 aliphatic heterocycles. The molecule has 0 bridgehead atoms. The molecule has 0 saturated heterocycles. The van der Waals surface area contributed by atoms with Gasteiger partial charge < -0.3 is 46.2 Å². The summed E-state index contributed by atoms with van der Waals surface area (Å²) < 4.78 is 5.08. The van der Waals surface area contributed by atoms with Crippen molar-refractivity contribution in [3.63, 3.8) is 0 Å². The van der Waals surface area contributed by atoms with Crippen LogP contribution in [0.25, 0.3) is 0 Å². The number of allylic oxidation sites excluding steroid dienone is 1. The molecular weight excluding hydrogens is 572 g/mol. The lowest BCUT2D eigenvalue weighted by Crippen LogP contribution is -2.63. The number of phenolic OH excluding ortho intramolecular Hbond substituents is 2. The normalized spacial score (nSPS) is 24.6. The summed E-state index contributed by atoms with van der Waals surface area (Å²) in [5.74, 6) is -6.82. The molecule has 13 heteroatoms. The number of methoxy groups -OCH3 is 1. The summed E-state index contributed by atoms with van der Waals surface area (Å²) in [5, 5.41) is 58.9. The van der Waals surface area contributed by atoms with Crippen LogP contribution in [-0.4, -0.2) is 94.8 Å². The Hall–Kier alpha value is -4.75. The largest absolute Gasteiger partial charge is 0.510 e. The van der Waals surface area contributed by atoms with E-state index in [1.165, 1.54) is 18.1 Å². The number of amides is 1. The number of nitrogens with one attached hydrogen (secondary N) is 1. The third-order valence-corrected chi connectivity index (χ3v) is 8.91. The van der Waals surface area contributed by atoms with Crippen LogP contribution in [0.5, 0.6) is 17.2 Å². The van der Waals surface area contributed by atoms with E-state index in [1.807, 2.05) is 0 Å². The van der Waals surface area contributed by atoms with Gasteiger partial charge in [0.1, 0.15) is 22.8 Å². The van der Waals surface area contributed by atoms with E-state index in [2.05, 4.69) is 5.32 Å². The van der Waals surface area contributed by atoms with Crippen molar-refractivity contribution in [1.82, 2.24) is 4.90 Å². The van der Waals surface area contributed by atoms with Gasteiger partial charge in [0.05, 0.1) is 24.4 Å². The first-order chi connectivity index (χ1) is 20.6. The maximum atomic E-state index is 14.2. The zero-order valence-electron chi connectivity index (χ0n) is 25.0. The number of aromatic hydroxyl groups is 2. The van der Waals surface area contributed by atoms with Gasteiger partial charge in [-0.2, -0.15) is 0 Å². The van der Waals surface area contributed by atoms with E-state index in [-0.39, 0.29) is 42.0 Å². The van der Waals surface area contributed by atoms with Gasteiger partial charge in [-0.3, -0.25) is 19.3 Å². The first-order valence-corrected chi connectivity index (χ1v) is 14.0. The number of benzene rings is 2. The molecule has 0 radical (unpaired) electrons. The van der Waals surface area contributed by atoms with Gasteiger partial charge in [-0.15, -0.1) is 0 Å². The number of ether oxygens (including phenoxy) is 1. The number of ketones is 2. The van der Waals surface area contributed by atoms with Crippen LogP contribution in [0.1, 0.15) is 27.9 Å². The lowest BCUT2D eigenvalue weighted by Gasteiger charge is -2.50. The monoisotopic (exact) mass is 608 g/mol. The molecule has 2 aromatic rings. The number of nitrogens with zero attached hydrogens (tertiary/aromatic N) is 2. The quantitative estimate of drug-likeness (QED) is 0.176. The molecule has 234 valence electrons. The maximum absolute atomic E-state index is 14.2. The Bertz CT molecular complexity index is 1660. The highest BCUT2D eigenvalue weighted by Gasteiger charge is 2.63. The predicted octanol–water partition coefficient (Wildman–Crippen LogP) is 1.51. The number of aliphatic hydroxyl groups is 3. The Morgan fingerprint density at radius 2 is 1.80 bits per heavy atom. The number of hydrogen-bond donors (Lipinski definition) is 7. The smallest absolute Gasteiger partial charge is 0.255 e. The molecule has 8 N–H and O–H groups in total. The van der Waals surface area contributed by atoms with Gasteiger partial charge in [-0.1, -0.05) is 6.07 Å². The second-order valence-corrected chi connectivity index (χ2v) is 11.9. The molecule has 44 heavy (non-hydrogen) atoms. The fourth-order valence-electron chi connectivity index (χ4n) is 6.88. The van der Waals surface area contributed by atoms with Crippen molar-refractivity contribution in [3.05, 3.63) is 63.6 Å².